The van der Waals surface area contributed by atoms with E-state index in [0.717, 1.165) is 29.5 Å². The molecule has 4 aliphatic rings. The number of nitrogens with two attached hydrogens (primary N) is 1. The number of hydrogen-bond donors (Lipinski definition) is 1. The summed E-state index contributed by atoms with van der Waals surface area (Å²) in [6, 6.07) is 0. The van der Waals surface area contributed by atoms with E-state index in [0.29, 0.717) is 11.7 Å². The number of anilines is 1. The summed E-state index contributed by atoms with van der Waals surface area (Å²) < 4.78 is 0. The third-order valence-corrected chi connectivity index (χ3v) is 5.12. The monoisotopic (exact) mass is 230 g/mol. The Bertz CT molecular complexity index is 417. The molecule has 1 aromatic rings. The van der Waals surface area contributed by atoms with Gasteiger partial charge in [-0.1, -0.05) is 0 Å². The van der Waals surface area contributed by atoms with Crippen molar-refractivity contribution in [2.75, 3.05) is 5.73 Å². The van der Waals surface area contributed by atoms with E-state index in [1.807, 2.05) is 0 Å². The predicted octanol–water partition coefficient (Wildman–Crippen LogP) is 1.99. The lowest BCUT2D eigenvalue weighted by molar-refractivity contribution is -0.00592. The van der Waals surface area contributed by atoms with E-state index in [1.54, 1.807) is 6.20 Å². The average molecular weight is 230 g/mol. The Morgan fingerprint density at radius 3 is 2.24 bits per heavy atom. The van der Waals surface area contributed by atoms with Gasteiger partial charge in [0.25, 0.3) is 0 Å². The Balaban J connectivity index is 1.70. The molecule has 0 aromatic carbocycles. The molecule has 1 aromatic heterocycles. The first-order valence-electron chi connectivity index (χ1n) is 6.74. The highest BCUT2D eigenvalue weighted by atomic mass is 15.2. The molecular weight excluding hydrogens is 212 g/mol. The third kappa shape index (κ3) is 1.46. The van der Waals surface area contributed by atoms with Gasteiger partial charge in [0.15, 0.2) is 5.82 Å². The summed E-state index contributed by atoms with van der Waals surface area (Å²) in [5.74, 6) is 5.55. The quantitative estimate of drug-likeness (QED) is 0.801. The molecule has 4 nitrogen and oxygen atoms in total. The third-order valence-electron chi connectivity index (χ3n) is 5.12. The first-order chi connectivity index (χ1) is 8.29. The molecule has 4 aliphatic carbocycles. The largest absolute Gasteiger partial charge is 0.382 e. The van der Waals surface area contributed by atoms with Crippen LogP contribution in [0.5, 0.6) is 0 Å². The fourth-order valence-electron chi connectivity index (χ4n) is 4.82. The van der Waals surface area contributed by atoms with Crippen LogP contribution in [-0.2, 0) is 0 Å². The number of rotatable bonds is 1. The van der Waals surface area contributed by atoms with Gasteiger partial charge in [-0.25, -0.2) is 4.98 Å². The van der Waals surface area contributed by atoms with Gasteiger partial charge in [-0.3, -0.25) is 0 Å². The molecule has 4 heteroatoms. The fourth-order valence-corrected chi connectivity index (χ4v) is 4.82. The second-order valence-corrected chi connectivity index (χ2v) is 6.20. The van der Waals surface area contributed by atoms with Crippen LogP contribution in [0.25, 0.3) is 0 Å². The minimum atomic E-state index is 0.517. The summed E-state index contributed by atoms with van der Waals surface area (Å²) in [7, 11) is 0. The molecule has 17 heavy (non-hydrogen) atoms. The zero-order chi connectivity index (χ0) is 11.4. The van der Waals surface area contributed by atoms with E-state index in [4.69, 9.17) is 5.73 Å². The fraction of sp³-hybridized carbons (Fsp3) is 0.769. The molecule has 4 bridgehead atoms. The lowest BCUT2D eigenvalue weighted by Crippen LogP contribution is -2.44. The SMILES string of the molecule is Nc1cnnc(C2C3CC4CC(C3)CC2C4)n1. The lowest BCUT2D eigenvalue weighted by atomic mass is 9.52. The van der Waals surface area contributed by atoms with Crippen LogP contribution in [0.2, 0.25) is 0 Å². The molecule has 0 atom stereocenters. The predicted molar refractivity (Wildman–Crippen MR) is 64.0 cm³/mol. The zero-order valence-electron chi connectivity index (χ0n) is 9.92. The van der Waals surface area contributed by atoms with Gasteiger partial charge in [0, 0.05) is 5.92 Å². The molecule has 1 heterocycles. The van der Waals surface area contributed by atoms with Crippen molar-refractivity contribution < 1.29 is 0 Å². The van der Waals surface area contributed by atoms with E-state index in [2.05, 4.69) is 15.2 Å². The van der Waals surface area contributed by atoms with Crippen molar-refractivity contribution in [3.8, 4) is 0 Å². The van der Waals surface area contributed by atoms with E-state index in [1.165, 1.54) is 32.1 Å². The van der Waals surface area contributed by atoms with Gasteiger partial charge in [0.1, 0.15) is 5.82 Å². The van der Waals surface area contributed by atoms with Crippen LogP contribution in [0.3, 0.4) is 0 Å². The van der Waals surface area contributed by atoms with Gasteiger partial charge in [0.05, 0.1) is 6.20 Å². The van der Waals surface area contributed by atoms with E-state index in [-0.39, 0.29) is 0 Å². The maximum atomic E-state index is 5.74. The number of nitrogen functional groups attached to an aromatic ring is 1. The van der Waals surface area contributed by atoms with Gasteiger partial charge in [0.2, 0.25) is 0 Å². The van der Waals surface area contributed by atoms with Crippen molar-refractivity contribution in [3.05, 3.63) is 12.0 Å². The smallest absolute Gasteiger partial charge is 0.156 e. The van der Waals surface area contributed by atoms with Crippen molar-refractivity contribution in [1.29, 1.82) is 0 Å². The van der Waals surface area contributed by atoms with Crippen LogP contribution in [-0.4, -0.2) is 15.2 Å². The Morgan fingerprint density at radius 1 is 1.00 bits per heavy atom. The minimum absolute atomic E-state index is 0.517. The maximum absolute atomic E-state index is 5.74. The first-order valence-corrected chi connectivity index (χ1v) is 6.74. The van der Waals surface area contributed by atoms with Crippen LogP contribution in [0.1, 0.15) is 43.8 Å². The van der Waals surface area contributed by atoms with Gasteiger partial charge in [-0.2, -0.15) is 5.10 Å². The molecule has 5 rings (SSSR count). The second kappa shape index (κ2) is 3.40. The summed E-state index contributed by atoms with van der Waals surface area (Å²) in [6.45, 7) is 0. The molecule has 2 N–H and O–H groups in total. The van der Waals surface area contributed by atoms with E-state index < -0.39 is 0 Å². The lowest BCUT2D eigenvalue weighted by Gasteiger charge is -2.53. The van der Waals surface area contributed by atoms with Gasteiger partial charge < -0.3 is 5.73 Å². The molecule has 4 fully saturated rings. The van der Waals surface area contributed by atoms with Crippen molar-refractivity contribution in [2.45, 2.75) is 38.0 Å². The minimum Gasteiger partial charge on any atom is -0.382 e. The highest BCUT2D eigenvalue weighted by Gasteiger charge is 2.49. The summed E-state index contributed by atoms with van der Waals surface area (Å²) in [6.07, 6.45) is 8.56. The Kier molecular flexibility index (Phi) is 1.96. The number of nitrogens with zero attached hydrogens (tertiary/aromatic N) is 3. The van der Waals surface area contributed by atoms with Crippen LogP contribution in [0, 0.1) is 23.7 Å². The summed E-state index contributed by atoms with van der Waals surface area (Å²) in [5.41, 5.74) is 5.74. The molecule has 0 saturated heterocycles. The Hall–Kier alpha value is -1.19. The summed E-state index contributed by atoms with van der Waals surface area (Å²) in [4.78, 5) is 4.42. The second-order valence-electron chi connectivity index (χ2n) is 6.20. The Morgan fingerprint density at radius 2 is 1.65 bits per heavy atom. The first kappa shape index (κ1) is 9.80. The van der Waals surface area contributed by atoms with E-state index in [9.17, 15) is 0 Å². The van der Waals surface area contributed by atoms with Gasteiger partial charge >= 0.3 is 0 Å². The molecule has 90 valence electrons. The van der Waals surface area contributed by atoms with Crippen LogP contribution >= 0.6 is 0 Å². The molecule has 0 aliphatic heterocycles. The average Bonchev–Trinajstić information content (AvgIpc) is 2.27. The van der Waals surface area contributed by atoms with Crippen molar-refractivity contribution >= 4 is 5.82 Å². The highest BCUT2D eigenvalue weighted by molar-refractivity contribution is 5.23. The Labute approximate surface area is 101 Å². The van der Waals surface area contributed by atoms with Crippen LogP contribution in [0.15, 0.2) is 6.20 Å². The molecule has 4 saturated carbocycles. The van der Waals surface area contributed by atoms with Crippen molar-refractivity contribution in [1.82, 2.24) is 15.2 Å². The number of hydrogen-bond acceptors (Lipinski definition) is 4. The van der Waals surface area contributed by atoms with Crippen molar-refractivity contribution in [3.63, 3.8) is 0 Å². The van der Waals surface area contributed by atoms with Gasteiger partial charge in [-0.05, 0) is 55.8 Å². The summed E-state index contributed by atoms with van der Waals surface area (Å²) in [5, 5.41) is 8.22. The molecular formula is C13H18N4. The standard InChI is InChI=1S/C13H18N4/c14-11-6-15-17-13(16-11)12-9-2-7-1-8(4-9)5-10(12)3-7/h6-10,12H,1-5H2,(H2,14,16,17). The zero-order valence-corrected chi connectivity index (χ0v) is 9.92. The van der Waals surface area contributed by atoms with Crippen LogP contribution in [0.4, 0.5) is 5.82 Å². The number of aromatic nitrogens is 3. The van der Waals surface area contributed by atoms with Gasteiger partial charge in [-0.15, -0.1) is 5.10 Å². The molecule has 0 unspecified atom stereocenters. The molecule has 0 spiro atoms. The maximum Gasteiger partial charge on any atom is 0.156 e. The summed E-state index contributed by atoms with van der Waals surface area (Å²) >= 11 is 0. The van der Waals surface area contributed by atoms with Crippen molar-refractivity contribution in [2.24, 2.45) is 23.7 Å². The molecule has 0 radical (unpaired) electrons. The molecule has 0 amide bonds. The topological polar surface area (TPSA) is 64.7 Å². The van der Waals surface area contributed by atoms with E-state index >= 15 is 0 Å². The highest BCUT2D eigenvalue weighted by Crippen LogP contribution is 2.59. The van der Waals surface area contributed by atoms with Crippen LogP contribution < -0.4 is 5.73 Å². The normalized spacial score (nSPS) is 42.9.